The number of aliphatic hydroxyl groups is 1. The molecule has 0 aromatic carbocycles. The van der Waals surface area contributed by atoms with Gasteiger partial charge in [-0.1, -0.05) is 54.9 Å². The lowest BCUT2D eigenvalue weighted by Gasteiger charge is -2.35. The van der Waals surface area contributed by atoms with E-state index in [-0.39, 0.29) is 0 Å². The molecule has 158 valence electrons. The van der Waals surface area contributed by atoms with Gasteiger partial charge in [0.2, 0.25) is 6.29 Å². The summed E-state index contributed by atoms with van der Waals surface area (Å²) in [5.74, 6) is -0.556. The summed E-state index contributed by atoms with van der Waals surface area (Å²) >= 11 is 0. The lowest BCUT2D eigenvalue weighted by molar-refractivity contribution is -0.150. The Balaban J connectivity index is 1.84. The number of carbonyl (C=O) groups is 2. The Labute approximate surface area is 174 Å². The van der Waals surface area contributed by atoms with Gasteiger partial charge in [-0.2, -0.15) is 0 Å². The van der Waals surface area contributed by atoms with Gasteiger partial charge in [0.25, 0.3) is 0 Å². The Morgan fingerprint density at radius 2 is 2.10 bits per heavy atom. The van der Waals surface area contributed by atoms with Crippen LogP contribution in [0.25, 0.3) is 0 Å². The van der Waals surface area contributed by atoms with E-state index in [0.29, 0.717) is 23.0 Å². The van der Waals surface area contributed by atoms with E-state index in [2.05, 4.69) is 38.5 Å². The normalized spacial score (nSPS) is 22.9. The van der Waals surface area contributed by atoms with Gasteiger partial charge in [0.05, 0.1) is 0 Å². The predicted octanol–water partition coefficient (Wildman–Crippen LogP) is 5.50. The molecule has 0 saturated carbocycles. The van der Waals surface area contributed by atoms with Crippen molar-refractivity contribution in [3.8, 4) is 0 Å². The Kier molecular flexibility index (Phi) is 8.39. The summed E-state index contributed by atoms with van der Waals surface area (Å²) in [6, 6.07) is 0. The molecule has 2 aliphatic rings. The second-order valence-corrected chi connectivity index (χ2v) is 8.74. The van der Waals surface area contributed by atoms with Crippen molar-refractivity contribution in [3.63, 3.8) is 0 Å². The third-order valence-electron chi connectivity index (χ3n) is 5.93. The lowest BCUT2D eigenvalue weighted by Crippen LogP contribution is -2.20. The quantitative estimate of drug-likeness (QED) is 0.183. The van der Waals surface area contributed by atoms with E-state index < -0.39 is 12.3 Å². The van der Waals surface area contributed by atoms with Gasteiger partial charge in [0.15, 0.2) is 0 Å². The monoisotopic (exact) mass is 398 g/mol. The minimum Gasteiger partial charge on any atom is -0.428 e. The molecule has 0 aromatic rings. The van der Waals surface area contributed by atoms with Gasteiger partial charge in [0.1, 0.15) is 6.29 Å². The van der Waals surface area contributed by atoms with Crippen LogP contribution in [-0.4, -0.2) is 23.7 Å². The van der Waals surface area contributed by atoms with Crippen LogP contribution in [0.4, 0.5) is 0 Å². The number of hydrogen-bond donors (Lipinski definition) is 1. The van der Waals surface area contributed by atoms with Gasteiger partial charge in [0, 0.05) is 11.6 Å². The van der Waals surface area contributed by atoms with Crippen LogP contribution in [0.2, 0.25) is 0 Å². The van der Waals surface area contributed by atoms with Crippen molar-refractivity contribution in [1.29, 1.82) is 0 Å². The van der Waals surface area contributed by atoms with Crippen molar-refractivity contribution < 1.29 is 19.4 Å². The highest BCUT2D eigenvalue weighted by atomic mass is 16.6. The average Bonchev–Trinajstić information content (AvgIpc) is 2.96. The topological polar surface area (TPSA) is 63.6 Å². The maximum absolute atomic E-state index is 11.3. The minimum absolute atomic E-state index is 0.320. The molecule has 0 saturated heterocycles. The molecule has 1 aliphatic carbocycles. The summed E-state index contributed by atoms with van der Waals surface area (Å²) in [5.41, 5.74) is 5.95. The molecule has 1 atom stereocenters. The van der Waals surface area contributed by atoms with Gasteiger partial charge >= 0.3 is 5.97 Å². The zero-order chi connectivity index (χ0) is 21.4. The van der Waals surface area contributed by atoms with Crippen LogP contribution >= 0.6 is 0 Å². The van der Waals surface area contributed by atoms with Crippen molar-refractivity contribution in [2.45, 2.75) is 78.9 Å². The number of cyclic esters (lactones) is 1. The fraction of sp³-hybridized carbons (Fsp3) is 0.520. The van der Waals surface area contributed by atoms with Crippen LogP contribution < -0.4 is 0 Å². The number of hydrogen-bond acceptors (Lipinski definition) is 4. The third kappa shape index (κ3) is 6.97. The number of rotatable bonds is 9. The molecule has 2 rings (SSSR count). The maximum atomic E-state index is 11.3. The maximum Gasteiger partial charge on any atom is 0.333 e. The first kappa shape index (κ1) is 23.1. The van der Waals surface area contributed by atoms with Crippen LogP contribution in [0.5, 0.6) is 0 Å². The Hall–Kier alpha value is -2.20. The van der Waals surface area contributed by atoms with E-state index in [1.165, 1.54) is 30.9 Å². The second kappa shape index (κ2) is 10.5. The smallest absolute Gasteiger partial charge is 0.333 e. The van der Waals surface area contributed by atoms with Crippen molar-refractivity contribution >= 4 is 12.3 Å². The predicted molar refractivity (Wildman–Crippen MR) is 116 cm³/mol. The molecule has 1 unspecified atom stereocenters. The zero-order valence-corrected chi connectivity index (χ0v) is 18.2. The standard InChI is InChI=1S/C25H34O4/c1-18(13-14-22-19(2)9-7-15-25(22,3)4)8-5-10-20(17-26)11-6-12-21-16-23(27)29-24(21)28/h6,8,11-12,16-17,24,28H,5,7,9-10,13-15H2,1-4H3. The summed E-state index contributed by atoms with van der Waals surface area (Å²) < 4.78 is 4.61. The number of aliphatic hydroxyl groups excluding tert-OH is 1. The van der Waals surface area contributed by atoms with Crippen LogP contribution in [0.3, 0.4) is 0 Å². The first-order chi connectivity index (χ1) is 13.7. The molecule has 0 amide bonds. The SMILES string of the molecule is CC(=CCCC(C=O)=CC=CC1=CC(=O)OC1O)CCC1=C(C)CCCC1(C)C. The molecular formula is C25H34O4. The molecule has 0 fully saturated rings. The third-order valence-corrected chi connectivity index (χ3v) is 5.93. The van der Waals surface area contributed by atoms with E-state index in [1.807, 2.05) is 0 Å². The van der Waals surface area contributed by atoms with E-state index >= 15 is 0 Å². The van der Waals surface area contributed by atoms with Gasteiger partial charge in [-0.05, 0) is 69.8 Å². The molecular weight excluding hydrogens is 364 g/mol. The molecule has 0 radical (unpaired) electrons. The summed E-state index contributed by atoms with van der Waals surface area (Å²) in [4.78, 5) is 22.3. The average molecular weight is 399 g/mol. The highest BCUT2D eigenvalue weighted by Crippen LogP contribution is 2.42. The van der Waals surface area contributed by atoms with E-state index in [4.69, 9.17) is 0 Å². The van der Waals surface area contributed by atoms with E-state index in [0.717, 1.165) is 25.5 Å². The van der Waals surface area contributed by atoms with Gasteiger partial charge in [-0.15, -0.1) is 0 Å². The molecule has 1 heterocycles. The Morgan fingerprint density at radius 1 is 1.34 bits per heavy atom. The molecule has 4 nitrogen and oxygen atoms in total. The number of allylic oxidation sites excluding steroid dienone is 7. The van der Waals surface area contributed by atoms with E-state index in [1.54, 1.807) is 29.4 Å². The van der Waals surface area contributed by atoms with Crippen molar-refractivity contribution in [3.05, 3.63) is 58.2 Å². The largest absolute Gasteiger partial charge is 0.428 e. The second-order valence-electron chi connectivity index (χ2n) is 8.74. The molecule has 4 heteroatoms. The van der Waals surface area contributed by atoms with Gasteiger partial charge in [-0.25, -0.2) is 4.79 Å². The molecule has 1 aliphatic heterocycles. The van der Waals surface area contributed by atoms with Crippen LogP contribution in [0, 0.1) is 5.41 Å². The van der Waals surface area contributed by atoms with Crippen LogP contribution in [0.15, 0.2) is 58.2 Å². The number of esters is 1. The summed E-state index contributed by atoms with van der Waals surface area (Å²) in [6.45, 7) is 9.18. The fourth-order valence-corrected chi connectivity index (χ4v) is 4.15. The van der Waals surface area contributed by atoms with Gasteiger partial charge < -0.3 is 9.84 Å². The van der Waals surface area contributed by atoms with Crippen LogP contribution in [-0.2, 0) is 14.3 Å². The summed E-state index contributed by atoms with van der Waals surface area (Å²) in [6.07, 6.45) is 15.5. The Morgan fingerprint density at radius 3 is 2.72 bits per heavy atom. The number of aldehydes is 1. The fourth-order valence-electron chi connectivity index (χ4n) is 4.15. The zero-order valence-electron chi connectivity index (χ0n) is 18.2. The highest BCUT2D eigenvalue weighted by Gasteiger charge is 2.27. The summed E-state index contributed by atoms with van der Waals surface area (Å²) in [5, 5.41) is 9.51. The van der Waals surface area contributed by atoms with Crippen molar-refractivity contribution in [2.75, 3.05) is 0 Å². The van der Waals surface area contributed by atoms with Gasteiger partial charge in [-0.3, -0.25) is 4.79 Å². The Bertz CT molecular complexity index is 775. The van der Waals surface area contributed by atoms with Crippen LogP contribution in [0.1, 0.15) is 72.6 Å². The molecule has 0 bridgehead atoms. The van der Waals surface area contributed by atoms with E-state index in [9.17, 15) is 14.7 Å². The van der Waals surface area contributed by atoms with Crippen molar-refractivity contribution in [2.24, 2.45) is 5.41 Å². The first-order valence-corrected chi connectivity index (χ1v) is 10.5. The van der Waals surface area contributed by atoms with Crippen molar-refractivity contribution in [1.82, 2.24) is 0 Å². The molecule has 29 heavy (non-hydrogen) atoms. The number of ether oxygens (including phenoxy) is 1. The molecule has 0 aromatic heterocycles. The highest BCUT2D eigenvalue weighted by molar-refractivity contribution is 5.86. The molecule has 0 spiro atoms. The summed E-state index contributed by atoms with van der Waals surface area (Å²) in [7, 11) is 0. The minimum atomic E-state index is -1.22. The number of carbonyl (C=O) groups excluding carboxylic acids is 2. The first-order valence-electron chi connectivity index (χ1n) is 10.5. The lowest BCUT2D eigenvalue weighted by atomic mass is 9.71. The molecule has 1 N–H and O–H groups in total.